The third-order valence-electron chi connectivity index (χ3n) is 3.32. The summed E-state index contributed by atoms with van der Waals surface area (Å²) in [6.07, 6.45) is 0.126. The molecule has 0 atom stereocenters. The second-order valence-electron chi connectivity index (χ2n) is 4.67. The van der Waals surface area contributed by atoms with Gasteiger partial charge in [-0.3, -0.25) is 0 Å². The summed E-state index contributed by atoms with van der Waals surface area (Å²) < 4.78 is 22.8. The lowest BCUT2D eigenvalue weighted by Crippen LogP contribution is -2.51. The number of nitrogens with one attached hydrogen (secondary N) is 1. The highest BCUT2D eigenvalue weighted by Crippen LogP contribution is 2.29. The third kappa shape index (κ3) is 3.19. The molecule has 0 spiro atoms. The van der Waals surface area contributed by atoms with E-state index in [4.69, 9.17) is 11.6 Å². The molecule has 1 aliphatic rings. The van der Waals surface area contributed by atoms with Crippen LogP contribution in [0.4, 0.5) is 5.69 Å². The number of benzene rings is 1. The molecule has 1 aromatic carbocycles. The molecular weight excluding hydrogens is 290 g/mol. The Balaban J connectivity index is 2.22. The highest BCUT2D eigenvalue weighted by molar-refractivity contribution is 7.91. The highest BCUT2D eigenvalue weighted by Gasteiger charge is 2.43. The maximum Gasteiger partial charge on any atom is 0.329 e. The molecule has 1 saturated heterocycles. The van der Waals surface area contributed by atoms with Gasteiger partial charge in [0.05, 0.1) is 11.5 Å². The van der Waals surface area contributed by atoms with E-state index in [2.05, 4.69) is 5.32 Å². The van der Waals surface area contributed by atoms with Crippen molar-refractivity contribution < 1.29 is 18.3 Å². The van der Waals surface area contributed by atoms with Gasteiger partial charge in [-0.05, 0) is 37.1 Å². The molecule has 2 rings (SSSR count). The molecule has 1 heterocycles. The third-order valence-corrected chi connectivity index (χ3v) is 5.22. The van der Waals surface area contributed by atoms with E-state index < -0.39 is 21.3 Å². The van der Waals surface area contributed by atoms with Crippen LogP contribution >= 0.6 is 11.6 Å². The van der Waals surface area contributed by atoms with Crippen molar-refractivity contribution in [2.24, 2.45) is 0 Å². The molecule has 0 unspecified atom stereocenters. The van der Waals surface area contributed by atoms with Crippen molar-refractivity contribution in [3.8, 4) is 0 Å². The van der Waals surface area contributed by atoms with Gasteiger partial charge < -0.3 is 10.4 Å². The summed E-state index contributed by atoms with van der Waals surface area (Å²) >= 11 is 5.77. The Bertz CT molecular complexity index is 568. The molecule has 1 aliphatic heterocycles. The van der Waals surface area contributed by atoms with Crippen molar-refractivity contribution >= 4 is 33.1 Å². The minimum Gasteiger partial charge on any atom is -0.480 e. The summed E-state index contributed by atoms with van der Waals surface area (Å²) in [5, 5.41) is 12.9. The number of carboxylic acids is 1. The fourth-order valence-electron chi connectivity index (χ4n) is 2.09. The van der Waals surface area contributed by atoms with E-state index in [1.165, 1.54) is 0 Å². The SMILES string of the molecule is O=C(O)C1(Nc2ccc(Cl)cc2)CCS(=O)(=O)CC1. The first-order valence-electron chi connectivity index (χ1n) is 5.81. The first-order valence-corrected chi connectivity index (χ1v) is 8.01. The second-order valence-corrected chi connectivity index (χ2v) is 7.41. The number of sulfone groups is 1. The first-order chi connectivity index (χ1) is 8.83. The van der Waals surface area contributed by atoms with Crippen LogP contribution in [-0.4, -0.2) is 36.5 Å². The van der Waals surface area contributed by atoms with Crippen LogP contribution in [0.5, 0.6) is 0 Å². The topological polar surface area (TPSA) is 83.5 Å². The van der Waals surface area contributed by atoms with E-state index in [1.807, 2.05) is 0 Å². The Hall–Kier alpha value is -1.27. The molecule has 5 nitrogen and oxygen atoms in total. The van der Waals surface area contributed by atoms with E-state index in [0.29, 0.717) is 10.7 Å². The molecule has 0 saturated carbocycles. The molecule has 0 radical (unpaired) electrons. The Labute approximate surface area is 116 Å². The first kappa shape index (κ1) is 14.1. The number of hydrogen-bond acceptors (Lipinski definition) is 4. The van der Waals surface area contributed by atoms with Crippen molar-refractivity contribution in [1.82, 2.24) is 0 Å². The number of carbonyl (C=O) groups is 1. The quantitative estimate of drug-likeness (QED) is 0.889. The molecule has 104 valence electrons. The van der Waals surface area contributed by atoms with Crippen molar-refractivity contribution in [1.29, 1.82) is 0 Å². The standard InChI is InChI=1S/C12H14ClNO4S/c13-9-1-3-10(4-2-9)14-12(11(15)16)5-7-19(17,18)8-6-12/h1-4,14H,5-8H2,(H,15,16). The van der Waals surface area contributed by atoms with Crippen molar-refractivity contribution in [3.63, 3.8) is 0 Å². The zero-order valence-corrected chi connectivity index (χ0v) is 11.7. The minimum absolute atomic E-state index is 0.0628. The highest BCUT2D eigenvalue weighted by atomic mass is 35.5. The van der Waals surface area contributed by atoms with Crippen LogP contribution in [0.15, 0.2) is 24.3 Å². The summed E-state index contributed by atoms with van der Waals surface area (Å²) in [6.45, 7) is 0. The number of carboxylic acid groups (broad SMARTS) is 1. The van der Waals surface area contributed by atoms with E-state index in [1.54, 1.807) is 24.3 Å². The van der Waals surface area contributed by atoms with E-state index in [9.17, 15) is 18.3 Å². The molecule has 0 amide bonds. The number of halogens is 1. The lowest BCUT2D eigenvalue weighted by Gasteiger charge is -2.34. The molecular formula is C12H14ClNO4S. The Morgan fingerprint density at radius 1 is 1.21 bits per heavy atom. The van der Waals surface area contributed by atoms with Gasteiger partial charge in [0.15, 0.2) is 9.84 Å². The van der Waals surface area contributed by atoms with Crippen LogP contribution in [0.1, 0.15) is 12.8 Å². The van der Waals surface area contributed by atoms with E-state index >= 15 is 0 Å². The number of anilines is 1. The summed E-state index contributed by atoms with van der Waals surface area (Å²) in [4.78, 5) is 11.5. The molecule has 1 fully saturated rings. The predicted octanol–water partition coefficient (Wildman–Crippen LogP) is 1.78. The smallest absolute Gasteiger partial charge is 0.329 e. The lowest BCUT2D eigenvalue weighted by atomic mass is 9.92. The number of rotatable bonds is 3. The maximum absolute atomic E-state index is 11.5. The van der Waals surface area contributed by atoms with Crippen molar-refractivity contribution in [2.75, 3.05) is 16.8 Å². The molecule has 0 aromatic heterocycles. The molecule has 1 aromatic rings. The zero-order chi connectivity index (χ0) is 14.1. The molecule has 19 heavy (non-hydrogen) atoms. The van der Waals surface area contributed by atoms with Crippen LogP contribution in [0.25, 0.3) is 0 Å². The lowest BCUT2D eigenvalue weighted by molar-refractivity contribution is -0.142. The Kier molecular flexibility index (Phi) is 3.73. The van der Waals surface area contributed by atoms with Gasteiger partial charge in [-0.25, -0.2) is 13.2 Å². The van der Waals surface area contributed by atoms with Crippen molar-refractivity contribution in [3.05, 3.63) is 29.3 Å². The fraction of sp³-hybridized carbons (Fsp3) is 0.417. The van der Waals surface area contributed by atoms with Gasteiger partial charge in [-0.15, -0.1) is 0 Å². The van der Waals surface area contributed by atoms with Crippen LogP contribution in [-0.2, 0) is 14.6 Å². The minimum atomic E-state index is -3.11. The number of aliphatic carboxylic acids is 1. The molecule has 0 aliphatic carbocycles. The fourth-order valence-corrected chi connectivity index (χ4v) is 3.74. The largest absolute Gasteiger partial charge is 0.480 e. The summed E-state index contributed by atoms with van der Waals surface area (Å²) in [6, 6.07) is 6.66. The monoisotopic (exact) mass is 303 g/mol. The molecule has 2 N–H and O–H groups in total. The maximum atomic E-state index is 11.5. The number of hydrogen-bond donors (Lipinski definition) is 2. The molecule has 7 heteroatoms. The van der Waals surface area contributed by atoms with Gasteiger partial charge in [0.2, 0.25) is 0 Å². The average molecular weight is 304 g/mol. The van der Waals surface area contributed by atoms with Crippen LogP contribution in [0.2, 0.25) is 5.02 Å². The van der Waals surface area contributed by atoms with Gasteiger partial charge in [0, 0.05) is 10.7 Å². The Morgan fingerprint density at radius 3 is 2.21 bits per heavy atom. The van der Waals surface area contributed by atoms with Gasteiger partial charge in [0.25, 0.3) is 0 Å². The summed E-state index contributed by atoms with van der Waals surface area (Å²) in [5.41, 5.74) is -0.606. The summed E-state index contributed by atoms with van der Waals surface area (Å²) in [5.74, 6) is -1.25. The predicted molar refractivity (Wildman–Crippen MR) is 73.3 cm³/mol. The normalized spacial score (nSPS) is 20.7. The zero-order valence-electron chi connectivity index (χ0n) is 10.1. The van der Waals surface area contributed by atoms with Gasteiger partial charge in [0.1, 0.15) is 5.54 Å². The van der Waals surface area contributed by atoms with Gasteiger partial charge in [-0.1, -0.05) is 11.6 Å². The second kappa shape index (κ2) is 5.02. The summed E-state index contributed by atoms with van der Waals surface area (Å²) in [7, 11) is -3.11. The average Bonchev–Trinajstić information content (AvgIpc) is 2.35. The van der Waals surface area contributed by atoms with Crippen molar-refractivity contribution in [2.45, 2.75) is 18.4 Å². The van der Waals surface area contributed by atoms with Crippen LogP contribution in [0.3, 0.4) is 0 Å². The molecule has 0 bridgehead atoms. The van der Waals surface area contributed by atoms with Gasteiger partial charge in [-0.2, -0.15) is 0 Å². The van der Waals surface area contributed by atoms with Crippen LogP contribution in [0, 0.1) is 0 Å². The Morgan fingerprint density at radius 2 is 1.74 bits per heavy atom. The van der Waals surface area contributed by atoms with E-state index in [0.717, 1.165) is 0 Å². The van der Waals surface area contributed by atoms with Gasteiger partial charge >= 0.3 is 5.97 Å². The van der Waals surface area contributed by atoms with Crippen LogP contribution < -0.4 is 5.32 Å². The van der Waals surface area contributed by atoms with E-state index in [-0.39, 0.29) is 24.3 Å².